The second-order valence-electron chi connectivity index (χ2n) is 5.88. The molecular formula is C20H24FN3O2. The number of hydrogen-bond acceptors (Lipinski definition) is 4. The minimum absolute atomic E-state index is 0.129. The Kier molecular flexibility index (Phi) is 7.61. The summed E-state index contributed by atoms with van der Waals surface area (Å²) in [5.41, 5.74) is 6.63. The molecule has 0 saturated carbocycles. The minimum Gasteiger partial charge on any atom is -0.494 e. The number of hydrogen-bond donors (Lipinski definition) is 2. The van der Waals surface area contributed by atoms with Gasteiger partial charge in [-0.2, -0.15) is 4.39 Å². The van der Waals surface area contributed by atoms with E-state index in [-0.39, 0.29) is 11.4 Å². The third-order valence-corrected chi connectivity index (χ3v) is 3.81. The number of nitrogen functional groups attached to an aromatic ring is 1. The van der Waals surface area contributed by atoms with Gasteiger partial charge in [-0.15, -0.1) is 6.58 Å². The lowest BCUT2D eigenvalue weighted by Crippen LogP contribution is -2.24. The number of rotatable bonds is 10. The van der Waals surface area contributed by atoms with Crippen LogP contribution in [0.4, 0.5) is 10.2 Å². The molecule has 0 saturated heterocycles. The van der Waals surface area contributed by atoms with Gasteiger partial charge in [-0.1, -0.05) is 18.2 Å². The molecule has 0 atom stereocenters. The zero-order valence-corrected chi connectivity index (χ0v) is 14.7. The summed E-state index contributed by atoms with van der Waals surface area (Å²) < 4.78 is 18.7. The molecule has 1 amide bonds. The van der Waals surface area contributed by atoms with Crippen LogP contribution in [-0.2, 0) is 6.54 Å². The fraction of sp³-hybridized carbons (Fsp3) is 0.300. The molecular weight excluding hydrogens is 333 g/mol. The fourth-order valence-corrected chi connectivity index (χ4v) is 2.42. The number of ether oxygens (including phenoxy) is 1. The molecule has 6 heteroatoms. The van der Waals surface area contributed by atoms with Crippen LogP contribution in [0.3, 0.4) is 0 Å². The molecule has 0 aliphatic rings. The fourth-order valence-electron chi connectivity index (χ4n) is 2.42. The second-order valence-corrected chi connectivity index (χ2v) is 5.88. The highest BCUT2D eigenvalue weighted by Crippen LogP contribution is 2.15. The van der Waals surface area contributed by atoms with E-state index in [1.807, 2.05) is 30.3 Å². The lowest BCUT2D eigenvalue weighted by Gasteiger charge is -2.10. The largest absolute Gasteiger partial charge is 0.494 e. The van der Waals surface area contributed by atoms with E-state index >= 15 is 0 Å². The summed E-state index contributed by atoms with van der Waals surface area (Å²) in [5, 5.41) is 2.75. The van der Waals surface area contributed by atoms with Crippen molar-refractivity contribution in [3.63, 3.8) is 0 Å². The van der Waals surface area contributed by atoms with Crippen LogP contribution in [0.15, 0.2) is 49.1 Å². The van der Waals surface area contributed by atoms with Crippen molar-refractivity contribution in [1.29, 1.82) is 0 Å². The molecule has 0 spiro atoms. The third kappa shape index (κ3) is 6.20. The number of carbonyl (C=O) groups excluding carboxylic acids is 1. The van der Waals surface area contributed by atoms with E-state index in [1.165, 1.54) is 6.07 Å². The molecule has 0 radical (unpaired) electrons. The van der Waals surface area contributed by atoms with Crippen molar-refractivity contribution < 1.29 is 13.9 Å². The first-order valence-corrected chi connectivity index (χ1v) is 8.63. The van der Waals surface area contributed by atoms with E-state index < -0.39 is 11.9 Å². The maximum absolute atomic E-state index is 13.0. The molecule has 5 nitrogen and oxygen atoms in total. The molecule has 0 fully saturated rings. The number of halogens is 1. The lowest BCUT2D eigenvalue weighted by molar-refractivity contribution is 0.0951. The first-order valence-electron chi connectivity index (χ1n) is 8.63. The standard InChI is InChI=1S/C20H24FN3O2/c1-2-3-4-5-6-12-26-16-9-7-8-15(13-16)14-23-20(25)17-10-11-18(21)24-19(17)22/h2,7-11,13H,1,3-6,12,14H2,(H2,22,24)(H,23,25). The van der Waals surface area contributed by atoms with Crippen molar-refractivity contribution in [2.75, 3.05) is 12.3 Å². The van der Waals surface area contributed by atoms with Gasteiger partial charge in [-0.25, -0.2) is 4.98 Å². The summed E-state index contributed by atoms with van der Waals surface area (Å²) >= 11 is 0. The molecule has 2 aromatic rings. The third-order valence-electron chi connectivity index (χ3n) is 3.81. The van der Waals surface area contributed by atoms with Crippen LogP contribution in [-0.4, -0.2) is 17.5 Å². The first kappa shape index (κ1) is 19.4. The molecule has 2 rings (SSSR count). The molecule has 0 unspecified atom stereocenters. The molecule has 0 aliphatic heterocycles. The minimum atomic E-state index is -0.714. The number of allylic oxidation sites excluding steroid dienone is 1. The maximum Gasteiger partial charge on any atom is 0.255 e. The van der Waals surface area contributed by atoms with Crippen molar-refractivity contribution in [3.05, 3.63) is 66.1 Å². The van der Waals surface area contributed by atoms with Gasteiger partial charge < -0.3 is 15.8 Å². The normalized spacial score (nSPS) is 10.3. The summed E-state index contributed by atoms with van der Waals surface area (Å²) in [4.78, 5) is 15.6. The van der Waals surface area contributed by atoms with Crippen molar-refractivity contribution >= 4 is 11.7 Å². The lowest BCUT2D eigenvalue weighted by atomic mass is 10.2. The average molecular weight is 357 g/mol. The van der Waals surface area contributed by atoms with Crippen molar-refractivity contribution in [3.8, 4) is 5.75 Å². The molecule has 1 aromatic carbocycles. The Morgan fingerprint density at radius 2 is 2.12 bits per heavy atom. The van der Waals surface area contributed by atoms with E-state index in [9.17, 15) is 9.18 Å². The van der Waals surface area contributed by atoms with Crippen molar-refractivity contribution in [2.45, 2.75) is 32.2 Å². The summed E-state index contributed by atoms with van der Waals surface area (Å²) in [5.74, 6) is -0.476. The quantitative estimate of drug-likeness (QED) is 0.385. The predicted molar refractivity (Wildman–Crippen MR) is 100 cm³/mol. The number of benzene rings is 1. The summed E-state index contributed by atoms with van der Waals surface area (Å²) in [7, 11) is 0. The molecule has 1 aromatic heterocycles. The Labute approximate surface area is 153 Å². The number of amides is 1. The molecule has 0 bridgehead atoms. The summed E-state index contributed by atoms with van der Waals surface area (Å²) in [6, 6.07) is 9.97. The van der Waals surface area contributed by atoms with Crippen LogP contribution >= 0.6 is 0 Å². The predicted octanol–water partition coefficient (Wildman–Crippen LogP) is 3.86. The monoisotopic (exact) mass is 357 g/mol. The van der Waals surface area contributed by atoms with Gasteiger partial charge in [0.05, 0.1) is 12.2 Å². The van der Waals surface area contributed by atoms with Gasteiger partial charge in [0.1, 0.15) is 11.6 Å². The Morgan fingerprint density at radius 3 is 2.88 bits per heavy atom. The maximum atomic E-state index is 13.0. The number of anilines is 1. The molecule has 0 aliphatic carbocycles. The Morgan fingerprint density at radius 1 is 1.27 bits per heavy atom. The van der Waals surface area contributed by atoms with Gasteiger partial charge in [-0.05, 0) is 55.5 Å². The van der Waals surface area contributed by atoms with Crippen LogP contribution in [0.2, 0.25) is 0 Å². The average Bonchev–Trinajstić information content (AvgIpc) is 2.63. The van der Waals surface area contributed by atoms with Crippen LogP contribution in [0.1, 0.15) is 41.6 Å². The number of unbranched alkanes of at least 4 members (excludes halogenated alkanes) is 3. The van der Waals surface area contributed by atoms with E-state index in [4.69, 9.17) is 10.5 Å². The summed E-state index contributed by atoms with van der Waals surface area (Å²) in [6.45, 7) is 4.67. The number of aromatic nitrogens is 1. The molecule has 3 N–H and O–H groups in total. The van der Waals surface area contributed by atoms with E-state index in [0.717, 1.165) is 43.1 Å². The number of pyridine rings is 1. The highest BCUT2D eigenvalue weighted by Gasteiger charge is 2.11. The van der Waals surface area contributed by atoms with Crippen molar-refractivity contribution in [2.24, 2.45) is 0 Å². The van der Waals surface area contributed by atoms with E-state index in [0.29, 0.717) is 13.2 Å². The van der Waals surface area contributed by atoms with E-state index in [2.05, 4.69) is 16.9 Å². The Bertz CT molecular complexity index is 750. The topological polar surface area (TPSA) is 77.2 Å². The number of carbonyl (C=O) groups is 1. The smallest absolute Gasteiger partial charge is 0.255 e. The molecule has 138 valence electrons. The van der Waals surface area contributed by atoms with Gasteiger partial charge in [0.15, 0.2) is 0 Å². The molecule has 26 heavy (non-hydrogen) atoms. The van der Waals surface area contributed by atoms with E-state index in [1.54, 1.807) is 0 Å². The SMILES string of the molecule is C=CCCCCCOc1cccc(CNC(=O)c2ccc(F)nc2N)c1. The number of nitrogens with two attached hydrogens (primary N) is 1. The summed E-state index contributed by atoms with van der Waals surface area (Å²) in [6.07, 6.45) is 6.18. The number of nitrogens with one attached hydrogen (secondary N) is 1. The Balaban J connectivity index is 1.82. The number of nitrogens with zero attached hydrogens (tertiary/aromatic N) is 1. The van der Waals surface area contributed by atoms with Crippen LogP contribution in [0.25, 0.3) is 0 Å². The first-order chi connectivity index (χ1) is 12.6. The van der Waals surface area contributed by atoms with Gasteiger partial charge in [-0.3, -0.25) is 4.79 Å². The second kappa shape index (κ2) is 10.2. The zero-order chi connectivity index (χ0) is 18.8. The van der Waals surface area contributed by atoms with Gasteiger partial charge in [0.2, 0.25) is 5.95 Å². The van der Waals surface area contributed by atoms with Crippen LogP contribution in [0, 0.1) is 5.95 Å². The van der Waals surface area contributed by atoms with Gasteiger partial charge in [0, 0.05) is 6.54 Å². The highest BCUT2D eigenvalue weighted by atomic mass is 19.1. The zero-order valence-electron chi connectivity index (χ0n) is 14.7. The van der Waals surface area contributed by atoms with Crippen LogP contribution in [0.5, 0.6) is 5.75 Å². The van der Waals surface area contributed by atoms with Gasteiger partial charge in [0.25, 0.3) is 5.91 Å². The van der Waals surface area contributed by atoms with Gasteiger partial charge >= 0.3 is 0 Å². The van der Waals surface area contributed by atoms with Crippen molar-refractivity contribution in [1.82, 2.24) is 10.3 Å². The van der Waals surface area contributed by atoms with Crippen LogP contribution < -0.4 is 15.8 Å². The molecule has 1 heterocycles. The highest BCUT2D eigenvalue weighted by molar-refractivity contribution is 5.98. The Hall–Kier alpha value is -2.89.